The van der Waals surface area contributed by atoms with Crippen molar-refractivity contribution in [2.75, 3.05) is 6.61 Å². The van der Waals surface area contributed by atoms with Crippen molar-refractivity contribution in [2.24, 2.45) is 5.41 Å². The average molecular weight is 276 g/mol. The van der Waals surface area contributed by atoms with E-state index < -0.39 is 29.3 Å². The highest BCUT2D eigenvalue weighted by atomic mass is 19.4. The zero-order valence-corrected chi connectivity index (χ0v) is 10.1. The van der Waals surface area contributed by atoms with Gasteiger partial charge in [-0.05, 0) is 31.0 Å². The minimum Gasteiger partial charge on any atom is -0.465 e. The first-order valence-electron chi connectivity index (χ1n) is 5.82. The summed E-state index contributed by atoms with van der Waals surface area (Å²) in [5.41, 5.74) is -2.17. The van der Waals surface area contributed by atoms with E-state index in [0.717, 1.165) is 12.1 Å². The standard InChI is InChI=1S/C13H12F4O2/c1-2-19-11(18)12(13(15,16)17)7-10(12)8-3-5-9(14)6-4-8/h3-6,10H,2,7H2,1H3. The van der Waals surface area contributed by atoms with Gasteiger partial charge in [0.1, 0.15) is 5.82 Å². The molecule has 2 unspecified atom stereocenters. The van der Waals surface area contributed by atoms with Gasteiger partial charge in [0.2, 0.25) is 0 Å². The molecule has 2 atom stereocenters. The Morgan fingerprint density at radius 3 is 2.42 bits per heavy atom. The Hall–Kier alpha value is -1.59. The summed E-state index contributed by atoms with van der Waals surface area (Å²) < 4.78 is 56.6. The molecule has 6 heteroatoms. The summed E-state index contributed by atoms with van der Waals surface area (Å²) in [6.07, 6.45) is -5.01. The van der Waals surface area contributed by atoms with Gasteiger partial charge >= 0.3 is 12.1 Å². The molecule has 0 spiro atoms. The van der Waals surface area contributed by atoms with Crippen molar-refractivity contribution in [1.82, 2.24) is 0 Å². The highest BCUT2D eigenvalue weighted by molar-refractivity contribution is 5.83. The highest BCUT2D eigenvalue weighted by Gasteiger charge is 2.76. The molecule has 2 nitrogen and oxygen atoms in total. The number of hydrogen-bond donors (Lipinski definition) is 0. The molecule has 1 aromatic carbocycles. The number of halogens is 4. The van der Waals surface area contributed by atoms with Gasteiger partial charge in [-0.15, -0.1) is 0 Å². The summed E-state index contributed by atoms with van der Waals surface area (Å²) in [5, 5.41) is 0. The fourth-order valence-electron chi connectivity index (χ4n) is 2.27. The van der Waals surface area contributed by atoms with E-state index in [9.17, 15) is 22.4 Å². The van der Waals surface area contributed by atoms with Crippen molar-refractivity contribution < 1.29 is 27.1 Å². The van der Waals surface area contributed by atoms with Gasteiger partial charge in [0, 0.05) is 5.92 Å². The van der Waals surface area contributed by atoms with E-state index in [0.29, 0.717) is 5.56 Å². The molecule has 0 amide bonds. The lowest BCUT2D eigenvalue weighted by atomic mass is 9.98. The van der Waals surface area contributed by atoms with Crippen molar-refractivity contribution in [3.8, 4) is 0 Å². The lowest BCUT2D eigenvalue weighted by molar-refractivity contribution is -0.207. The van der Waals surface area contributed by atoms with Crippen LogP contribution in [0, 0.1) is 11.2 Å². The third kappa shape index (κ3) is 2.19. The first kappa shape index (κ1) is 13.8. The second kappa shape index (κ2) is 4.51. The maximum absolute atomic E-state index is 13.1. The molecule has 1 saturated carbocycles. The number of ether oxygens (including phenoxy) is 1. The number of alkyl halides is 3. The lowest BCUT2D eigenvalue weighted by Crippen LogP contribution is -2.35. The smallest absolute Gasteiger partial charge is 0.405 e. The van der Waals surface area contributed by atoms with Gasteiger partial charge < -0.3 is 4.74 Å². The van der Waals surface area contributed by atoms with Crippen LogP contribution in [0.15, 0.2) is 24.3 Å². The molecule has 19 heavy (non-hydrogen) atoms. The van der Waals surface area contributed by atoms with Gasteiger partial charge in [-0.1, -0.05) is 12.1 Å². The minimum atomic E-state index is -4.67. The van der Waals surface area contributed by atoms with Crippen LogP contribution in [-0.2, 0) is 9.53 Å². The Labute approximate surface area is 107 Å². The summed E-state index contributed by atoms with van der Waals surface area (Å²) >= 11 is 0. The lowest BCUT2D eigenvalue weighted by Gasteiger charge is -2.19. The fraction of sp³-hybridized carbons (Fsp3) is 0.462. The number of benzene rings is 1. The van der Waals surface area contributed by atoms with Gasteiger partial charge in [0.15, 0.2) is 5.41 Å². The molecule has 0 aromatic heterocycles. The van der Waals surface area contributed by atoms with E-state index in [4.69, 9.17) is 0 Å². The van der Waals surface area contributed by atoms with Crippen LogP contribution < -0.4 is 0 Å². The van der Waals surface area contributed by atoms with Gasteiger partial charge in [-0.2, -0.15) is 13.2 Å². The van der Waals surface area contributed by atoms with Gasteiger partial charge in [-0.3, -0.25) is 4.79 Å². The summed E-state index contributed by atoms with van der Waals surface area (Å²) in [6, 6.07) is 4.71. The second-order valence-electron chi connectivity index (χ2n) is 4.50. The van der Waals surface area contributed by atoms with Crippen LogP contribution in [0.25, 0.3) is 0 Å². The predicted molar refractivity (Wildman–Crippen MR) is 58.9 cm³/mol. The number of hydrogen-bond acceptors (Lipinski definition) is 2. The first-order valence-corrected chi connectivity index (χ1v) is 5.82. The normalized spacial score (nSPS) is 26.1. The molecule has 0 heterocycles. The molecule has 0 radical (unpaired) electrons. The van der Waals surface area contributed by atoms with E-state index in [-0.39, 0.29) is 13.0 Å². The molecule has 0 saturated heterocycles. The molecule has 104 valence electrons. The molecule has 1 aliphatic rings. The summed E-state index contributed by atoms with van der Waals surface area (Å²) in [4.78, 5) is 11.6. The van der Waals surface area contributed by atoms with E-state index in [1.54, 1.807) is 0 Å². The van der Waals surface area contributed by atoms with Crippen molar-refractivity contribution >= 4 is 5.97 Å². The summed E-state index contributed by atoms with van der Waals surface area (Å²) in [5.74, 6) is -2.78. The predicted octanol–water partition coefficient (Wildman–Crippen LogP) is 3.42. The molecular weight excluding hydrogens is 264 g/mol. The van der Waals surface area contributed by atoms with E-state index in [2.05, 4.69) is 4.74 Å². The Morgan fingerprint density at radius 2 is 1.95 bits per heavy atom. The van der Waals surface area contributed by atoms with E-state index in [1.165, 1.54) is 19.1 Å². The summed E-state index contributed by atoms with van der Waals surface area (Å²) in [6.45, 7) is 1.35. The molecule has 1 fully saturated rings. The zero-order chi connectivity index (χ0) is 14.3. The van der Waals surface area contributed by atoms with Gasteiger partial charge in [0.25, 0.3) is 0 Å². The maximum Gasteiger partial charge on any atom is 0.405 e. The van der Waals surface area contributed by atoms with Crippen LogP contribution in [0.4, 0.5) is 17.6 Å². The van der Waals surface area contributed by atoms with E-state index >= 15 is 0 Å². The second-order valence-corrected chi connectivity index (χ2v) is 4.50. The number of esters is 1. The topological polar surface area (TPSA) is 26.3 Å². The largest absolute Gasteiger partial charge is 0.465 e. The van der Waals surface area contributed by atoms with Crippen LogP contribution in [0.3, 0.4) is 0 Å². The first-order chi connectivity index (χ1) is 8.83. The van der Waals surface area contributed by atoms with Crippen molar-refractivity contribution in [3.63, 3.8) is 0 Å². The minimum absolute atomic E-state index is 0.104. The molecule has 0 bridgehead atoms. The monoisotopic (exact) mass is 276 g/mol. The molecular formula is C13H12F4O2. The molecule has 1 aromatic rings. The third-order valence-electron chi connectivity index (χ3n) is 3.38. The number of carbonyl (C=O) groups excluding carboxylic acids is 1. The summed E-state index contributed by atoms with van der Waals surface area (Å²) in [7, 11) is 0. The zero-order valence-electron chi connectivity index (χ0n) is 10.1. The average Bonchev–Trinajstić information content (AvgIpc) is 3.06. The van der Waals surface area contributed by atoms with Crippen molar-refractivity contribution in [1.29, 1.82) is 0 Å². The molecule has 1 aliphatic carbocycles. The van der Waals surface area contributed by atoms with Gasteiger partial charge in [-0.25, -0.2) is 4.39 Å². The van der Waals surface area contributed by atoms with E-state index in [1.807, 2.05) is 0 Å². The Bertz CT molecular complexity index is 480. The SMILES string of the molecule is CCOC(=O)C1(C(F)(F)F)CC1c1ccc(F)cc1. The Morgan fingerprint density at radius 1 is 1.37 bits per heavy atom. The quantitative estimate of drug-likeness (QED) is 0.624. The number of carbonyl (C=O) groups is 1. The molecule has 0 aliphatic heterocycles. The van der Waals surface area contributed by atoms with Gasteiger partial charge in [0.05, 0.1) is 6.61 Å². The van der Waals surface area contributed by atoms with Crippen molar-refractivity contribution in [3.05, 3.63) is 35.6 Å². The van der Waals surface area contributed by atoms with Crippen LogP contribution in [-0.4, -0.2) is 18.8 Å². The molecule has 0 N–H and O–H groups in total. The van der Waals surface area contributed by atoms with Crippen molar-refractivity contribution in [2.45, 2.75) is 25.4 Å². The highest BCUT2D eigenvalue weighted by Crippen LogP contribution is 2.68. The number of rotatable bonds is 3. The fourth-order valence-corrected chi connectivity index (χ4v) is 2.27. The maximum atomic E-state index is 13.1. The van der Waals surface area contributed by atoms with Crippen LogP contribution in [0.2, 0.25) is 0 Å². The Kier molecular flexibility index (Phi) is 3.28. The van der Waals surface area contributed by atoms with Crippen LogP contribution in [0.5, 0.6) is 0 Å². The molecule has 2 rings (SSSR count). The van der Waals surface area contributed by atoms with Crippen LogP contribution in [0.1, 0.15) is 24.8 Å². The Balaban J connectivity index is 2.30. The third-order valence-corrected chi connectivity index (χ3v) is 3.38. The van der Waals surface area contributed by atoms with Crippen LogP contribution >= 0.6 is 0 Å².